The number of aryl methyl sites for hydroxylation is 1. The Morgan fingerprint density at radius 1 is 1.38 bits per heavy atom. The lowest BCUT2D eigenvalue weighted by Gasteiger charge is -2.01. The maximum atomic E-state index is 5.61. The van der Waals surface area contributed by atoms with Gasteiger partial charge in [0, 0.05) is 0 Å². The highest BCUT2D eigenvalue weighted by Crippen LogP contribution is 2.17. The van der Waals surface area contributed by atoms with E-state index in [0.717, 1.165) is 11.3 Å². The highest BCUT2D eigenvalue weighted by Gasteiger charge is 1.97. The molecular weight excluding hydrogens is 186 g/mol. The summed E-state index contributed by atoms with van der Waals surface area (Å²) in [5.74, 6) is 0.768. The third kappa shape index (κ3) is 4.73. The van der Waals surface area contributed by atoms with Crippen molar-refractivity contribution >= 4 is 11.6 Å². The van der Waals surface area contributed by atoms with Gasteiger partial charge >= 0.3 is 0 Å². The maximum Gasteiger partial charge on any atom is 0.140 e. The van der Waals surface area contributed by atoms with Crippen molar-refractivity contribution in [2.45, 2.75) is 28.2 Å². The molecule has 1 rings (SSSR count). The van der Waals surface area contributed by atoms with E-state index in [2.05, 4.69) is 4.98 Å². The fraction of sp³-hybridized carbons (Fsp3) is 0.500. The summed E-state index contributed by atoms with van der Waals surface area (Å²) < 4.78 is 4.98. The highest BCUT2D eigenvalue weighted by atomic mass is 35.5. The van der Waals surface area contributed by atoms with Crippen molar-refractivity contribution in [1.82, 2.24) is 4.98 Å². The Kier molecular flexibility index (Phi) is 8.92. The van der Waals surface area contributed by atoms with Crippen molar-refractivity contribution < 1.29 is 4.74 Å². The van der Waals surface area contributed by atoms with Gasteiger partial charge in [-0.25, -0.2) is 4.98 Å². The molecule has 0 bridgehead atoms. The number of halogens is 1. The van der Waals surface area contributed by atoms with E-state index in [9.17, 15) is 0 Å². The van der Waals surface area contributed by atoms with Crippen molar-refractivity contribution in [3.8, 4) is 5.75 Å². The highest BCUT2D eigenvalue weighted by molar-refractivity contribution is 6.29. The average Bonchev–Trinajstić information content (AvgIpc) is 2.08. The summed E-state index contributed by atoms with van der Waals surface area (Å²) in [4.78, 5) is 3.85. The van der Waals surface area contributed by atoms with Crippen LogP contribution in [-0.2, 0) is 0 Å². The lowest BCUT2D eigenvalue weighted by atomic mass is 10.3. The molecule has 0 aliphatic heterocycles. The number of nitrogens with zero attached hydrogens (tertiary/aromatic N) is 1. The molecule has 0 aliphatic rings. The van der Waals surface area contributed by atoms with Crippen LogP contribution in [0.4, 0.5) is 0 Å². The van der Waals surface area contributed by atoms with Gasteiger partial charge in [-0.2, -0.15) is 0 Å². The topological polar surface area (TPSA) is 22.1 Å². The predicted molar refractivity (Wildman–Crippen MR) is 58.6 cm³/mol. The van der Waals surface area contributed by atoms with Gasteiger partial charge in [-0.15, -0.1) is 0 Å². The first-order valence-corrected chi connectivity index (χ1v) is 4.28. The van der Waals surface area contributed by atoms with Gasteiger partial charge < -0.3 is 4.74 Å². The fourth-order valence-electron chi connectivity index (χ4n) is 0.723. The molecule has 0 unspecified atom stereocenters. The summed E-state index contributed by atoms with van der Waals surface area (Å²) in [5, 5.41) is 0.498. The molecule has 0 radical (unpaired) electrons. The molecular formula is C10H18ClNO. The van der Waals surface area contributed by atoms with E-state index in [1.54, 1.807) is 19.4 Å². The van der Waals surface area contributed by atoms with Crippen LogP contribution in [-0.4, -0.2) is 12.1 Å². The van der Waals surface area contributed by atoms with Crippen LogP contribution in [0.5, 0.6) is 5.75 Å². The first-order valence-electron chi connectivity index (χ1n) is 3.90. The first kappa shape index (κ1) is 14.7. The number of ether oxygens (including phenoxy) is 1. The van der Waals surface area contributed by atoms with Crippen LogP contribution in [0, 0.1) is 6.92 Å². The van der Waals surface area contributed by atoms with Gasteiger partial charge in [0.1, 0.15) is 10.9 Å². The largest absolute Gasteiger partial charge is 0.495 e. The number of hydrogen-bond donors (Lipinski definition) is 0. The van der Waals surface area contributed by atoms with E-state index in [-0.39, 0.29) is 7.43 Å². The van der Waals surface area contributed by atoms with Gasteiger partial charge in [-0.3, -0.25) is 0 Å². The van der Waals surface area contributed by atoms with Crippen molar-refractivity contribution in [2.75, 3.05) is 7.11 Å². The van der Waals surface area contributed by atoms with Crippen LogP contribution in [0.15, 0.2) is 12.3 Å². The van der Waals surface area contributed by atoms with Crippen molar-refractivity contribution in [1.29, 1.82) is 0 Å². The SMILES string of the molecule is C.CC.COc1cnc(Cl)cc1C. The quantitative estimate of drug-likeness (QED) is 0.650. The standard InChI is InChI=1S/C7H8ClNO.C2H6.CH4/c1-5-3-7(8)9-4-6(5)10-2;1-2;/h3-4H,1-2H3;1-2H3;1H4. The lowest BCUT2D eigenvalue weighted by Crippen LogP contribution is -1.87. The molecule has 1 aromatic rings. The molecule has 0 aromatic carbocycles. The number of rotatable bonds is 1. The molecule has 0 atom stereocenters. The Hall–Kier alpha value is -0.760. The van der Waals surface area contributed by atoms with E-state index >= 15 is 0 Å². The smallest absolute Gasteiger partial charge is 0.140 e. The normalized spacial score (nSPS) is 7.77. The Morgan fingerprint density at radius 2 is 1.92 bits per heavy atom. The van der Waals surface area contributed by atoms with Crippen LogP contribution in [0.25, 0.3) is 0 Å². The van der Waals surface area contributed by atoms with Gasteiger partial charge in [0.2, 0.25) is 0 Å². The van der Waals surface area contributed by atoms with E-state index in [4.69, 9.17) is 16.3 Å². The second kappa shape index (κ2) is 7.87. The van der Waals surface area contributed by atoms with E-state index in [1.165, 1.54) is 0 Å². The van der Waals surface area contributed by atoms with E-state index < -0.39 is 0 Å². The number of methoxy groups -OCH3 is 1. The Labute approximate surface area is 85.9 Å². The van der Waals surface area contributed by atoms with Gasteiger partial charge in [0.15, 0.2) is 0 Å². The summed E-state index contributed by atoms with van der Waals surface area (Å²) in [6.07, 6.45) is 1.61. The Bertz CT molecular complexity index is 238. The molecule has 0 aliphatic carbocycles. The van der Waals surface area contributed by atoms with Gasteiger partial charge in [0.05, 0.1) is 13.3 Å². The molecule has 2 nitrogen and oxygen atoms in total. The van der Waals surface area contributed by atoms with Crippen LogP contribution in [0.1, 0.15) is 26.8 Å². The van der Waals surface area contributed by atoms with Gasteiger partial charge in [0.25, 0.3) is 0 Å². The summed E-state index contributed by atoms with van der Waals surface area (Å²) in [7, 11) is 1.61. The molecule has 0 spiro atoms. The Balaban J connectivity index is 0. The fourth-order valence-corrected chi connectivity index (χ4v) is 0.935. The first-order chi connectivity index (χ1) is 5.74. The summed E-state index contributed by atoms with van der Waals surface area (Å²) >= 11 is 5.61. The summed E-state index contributed by atoms with van der Waals surface area (Å²) in [6, 6.07) is 1.76. The third-order valence-corrected chi connectivity index (χ3v) is 1.46. The zero-order valence-corrected chi connectivity index (χ0v) is 8.64. The predicted octanol–water partition coefficient (Wildman–Crippen LogP) is 3.71. The van der Waals surface area contributed by atoms with E-state index in [1.807, 2.05) is 20.8 Å². The lowest BCUT2D eigenvalue weighted by molar-refractivity contribution is 0.410. The maximum absolute atomic E-state index is 5.61. The van der Waals surface area contributed by atoms with E-state index in [0.29, 0.717) is 5.15 Å². The molecule has 0 saturated carbocycles. The number of pyridine rings is 1. The monoisotopic (exact) mass is 203 g/mol. The van der Waals surface area contributed by atoms with Crippen LogP contribution < -0.4 is 4.74 Å². The minimum absolute atomic E-state index is 0. The molecule has 0 saturated heterocycles. The minimum Gasteiger partial charge on any atom is -0.495 e. The molecule has 3 heteroatoms. The van der Waals surface area contributed by atoms with Crippen LogP contribution in [0.3, 0.4) is 0 Å². The third-order valence-electron chi connectivity index (χ3n) is 1.25. The molecule has 0 amide bonds. The van der Waals surface area contributed by atoms with Gasteiger partial charge in [-0.05, 0) is 18.6 Å². The molecule has 76 valence electrons. The van der Waals surface area contributed by atoms with Crippen LogP contribution >= 0.6 is 11.6 Å². The molecule has 0 fully saturated rings. The second-order valence-corrected chi connectivity index (χ2v) is 2.36. The molecule has 1 aromatic heterocycles. The number of hydrogen-bond acceptors (Lipinski definition) is 2. The Morgan fingerprint density at radius 3 is 2.31 bits per heavy atom. The second-order valence-electron chi connectivity index (χ2n) is 1.98. The molecule has 0 N–H and O–H groups in total. The summed E-state index contributed by atoms with van der Waals surface area (Å²) in [6.45, 7) is 5.92. The zero-order chi connectivity index (χ0) is 9.56. The molecule has 13 heavy (non-hydrogen) atoms. The summed E-state index contributed by atoms with van der Waals surface area (Å²) in [5.41, 5.74) is 1.00. The van der Waals surface area contributed by atoms with Crippen molar-refractivity contribution in [2.24, 2.45) is 0 Å². The van der Waals surface area contributed by atoms with Crippen LogP contribution in [0.2, 0.25) is 5.15 Å². The average molecular weight is 204 g/mol. The zero-order valence-electron chi connectivity index (χ0n) is 7.89. The minimum atomic E-state index is 0. The van der Waals surface area contributed by atoms with Crippen molar-refractivity contribution in [3.05, 3.63) is 23.0 Å². The van der Waals surface area contributed by atoms with Gasteiger partial charge in [-0.1, -0.05) is 32.9 Å². The molecule has 1 heterocycles. The van der Waals surface area contributed by atoms with Crippen molar-refractivity contribution in [3.63, 3.8) is 0 Å². The number of aromatic nitrogens is 1.